The minimum atomic E-state index is 0.335. The summed E-state index contributed by atoms with van der Waals surface area (Å²) >= 11 is 5.26. The minimum Gasteiger partial charge on any atom is -0.368 e. The molecule has 7 heteroatoms. The van der Waals surface area contributed by atoms with E-state index in [9.17, 15) is 0 Å². The third kappa shape index (κ3) is 2.77. The molecule has 0 saturated carbocycles. The smallest absolute Gasteiger partial charge is 0.222 e. The lowest BCUT2D eigenvalue weighted by atomic mass is 10.2. The highest BCUT2D eigenvalue weighted by molar-refractivity contribution is 9.10. The molecule has 0 aliphatic carbocycles. The fraction of sp³-hybridized carbons (Fsp3) is 0.375. The Labute approximate surface area is 147 Å². The highest BCUT2D eigenvalue weighted by atomic mass is 79.9. The van der Waals surface area contributed by atoms with Gasteiger partial charge in [0.25, 0.3) is 0 Å². The van der Waals surface area contributed by atoms with Gasteiger partial charge in [-0.05, 0) is 31.5 Å². The zero-order chi connectivity index (χ0) is 16.0. The minimum absolute atomic E-state index is 0.335. The Bertz CT molecular complexity index is 872. The second-order valence-corrected chi connectivity index (χ2v) is 7.97. The van der Waals surface area contributed by atoms with Crippen LogP contribution in [0.3, 0.4) is 0 Å². The lowest BCUT2D eigenvalue weighted by Gasteiger charge is -2.22. The van der Waals surface area contributed by atoms with E-state index in [2.05, 4.69) is 55.3 Å². The topological polar surface area (TPSA) is 67.1 Å². The van der Waals surface area contributed by atoms with Crippen molar-refractivity contribution in [3.63, 3.8) is 0 Å². The van der Waals surface area contributed by atoms with Gasteiger partial charge in [0.1, 0.15) is 0 Å². The molecule has 0 amide bonds. The molecule has 1 saturated heterocycles. The van der Waals surface area contributed by atoms with E-state index < -0.39 is 0 Å². The SMILES string of the molecule is CN(CC1CCCN1)c1nc(N)nc2c1sc1cc(Br)ccc12. The fourth-order valence-electron chi connectivity index (χ4n) is 3.21. The number of nitrogens with zero attached hydrogens (tertiary/aromatic N) is 3. The van der Waals surface area contributed by atoms with E-state index in [1.54, 1.807) is 11.3 Å². The van der Waals surface area contributed by atoms with Crippen LogP contribution in [-0.4, -0.2) is 36.1 Å². The van der Waals surface area contributed by atoms with Crippen LogP contribution in [0.1, 0.15) is 12.8 Å². The molecule has 0 bridgehead atoms. The third-order valence-electron chi connectivity index (χ3n) is 4.29. The first kappa shape index (κ1) is 15.1. The van der Waals surface area contributed by atoms with Gasteiger partial charge in [0, 0.05) is 34.2 Å². The number of nitrogen functional groups attached to an aromatic ring is 1. The van der Waals surface area contributed by atoms with E-state index in [-0.39, 0.29) is 0 Å². The molecule has 0 radical (unpaired) electrons. The third-order valence-corrected chi connectivity index (χ3v) is 5.92. The summed E-state index contributed by atoms with van der Waals surface area (Å²) in [5.41, 5.74) is 6.93. The van der Waals surface area contributed by atoms with Gasteiger partial charge in [0.15, 0.2) is 5.82 Å². The Morgan fingerprint density at radius 2 is 2.30 bits per heavy atom. The second kappa shape index (κ2) is 5.89. The van der Waals surface area contributed by atoms with Gasteiger partial charge in [-0.3, -0.25) is 0 Å². The van der Waals surface area contributed by atoms with E-state index in [1.807, 2.05) is 6.07 Å². The maximum absolute atomic E-state index is 5.98. The summed E-state index contributed by atoms with van der Waals surface area (Å²) in [7, 11) is 2.08. The predicted octanol–water partition coefficient (Wildman–Crippen LogP) is 3.38. The number of halogens is 1. The van der Waals surface area contributed by atoms with Gasteiger partial charge in [0.05, 0.1) is 10.2 Å². The van der Waals surface area contributed by atoms with Gasteiger partial charge >= 0.3 is 0 Å². The van der Waals surface area contributed by atoms with Crippen molar-refractivity contribution in [3.8, 4) is 0 Å². The summed E-state index contributed by atoms with van der Waals surface area (Å²) in [6.07, 6.45) is 2.46. The standard InChI is InChI=1S/C16H18BrN5S/c1-22(8-10-3-2-6-19-10)15-14-13(20-16(18)21-15)11-5-4-9(17)7-12(11)23-14/h4-5,7,10,19H,2-3,6,8H2,1H3,(H2,18,20,21). The van der Waals surface area contributed by atoms with Gasteiger partial charge in [-0.15, -0.1) is 11.3 Å². The molecule has 1 atom stereocenters. The Hall–Kier alpha value is -1.44. The zero-order valence-corrected chi connectivity index (χ0v) is 15.2. The summed E-state index contributed by atoms with van der Waals surface area (Å²) in [5, 5.41) is 4.67. The normalized spacial score (nSPS) is 18.1. The molecule has 2 aromatic heterocycles. The number of hydrogen-bond donors (Lipinski definition) is 2. The van der Waals surface area contributed by atoms with Gasteiger partial charge < -0.3 is 16.0 Å². The fourth-order valence-corrected chi connectivity index (χ4v) is 4.94. The van der Waals surface area contributed by atoms with E-state index in [0.29, 0.717) is 12.0 Å². The number of benzene rings is 1. The number of nitrogens with two attached hydrogens (primary N) is 1. The molecule has 3 N–H and O–H groups in total. The predicted molar refractivity (Wildman–Crippen MR) is 101 cm³/mol. The maximum atomic E-state index is 5.98. The molecule has 1 aliphatic rings. The average molecular weight is 392 g/mol. The molecule has 3 aromatic rings. The Balaban J connectivity index is 1.83. The number of hydrogen-bond acceptors (Lipinski definition) is 6. The number of anilines is 2. The molecule has 1 aromatic carbocycles. The maximum Gasteiger partial charge on any atom is 0.222 e. The van der Waals surface area contributed by atoms with E-state index in [4.69, 9.17) is 5.73 Å². The largest absolute Gasteiger partial charge is 0.368 e. The van der Waals surface area contributed by atoms with Crippen molar-refractivity contribution in [2.24, 2.45) is 0 Å². The molecule has 23 heavy (non-hydrogen) atoms. The lowest BCUT2D eigenvalue weighted by Crippen LogP contribution is -2.35. The lowest BCUT2D eigenvalue weighted by molar-refractivity contribution is 0.598. The van der Waals surface area contributed by atoms with Crippen molar-refractivity contribution >= 4 is 59.3 Å². The molecule has 4 rings (SSSR count). The Morgan fingerprint density at radius 1 is 1.43 bits per heavy atom. The van der Waals surface area contributed by atoms with Gasteiger partial charge in [-0.25, -0.2) is 4.98 Å². The van der Waals surface area contributed by atoms with E-state index in [0.717, 1.165) is 39.0 Å². The van der Waals surface area contributed by atoms with Gasteiger partial charge in [-0.1, -0.05) is 22.0 Å². The summed E-state index contributed by atoms with van der Waals surface area (Å²) in [6.45, 7) is 2.04. The number of fused-ring (bicyclic) bond motifs is 3. The van der Waals surface area contributed by atoms with Crippen LogP contribution in [0.5, 0.6) is 0 Å². The molecular formula is C16H18BrN5S. The average Bonchev–Trinajstić information content (AvgIpc) is 3.13. The summed E-state index contributed by atoms with van der Waals surface area (Å²) in [4.78, 5) is 11.2. The first-order valence-corrected chi connectivity index (χ1v) is 9.32. The highest BCUT2D eigenvalue weighted by Crippen LogP contribution is 2.38. The molecule has 0 spiro atoms. The van der Waals surface area contributed by atoms with Crippen molar-refractivity contribution in [1.29, 1.82) is 0 Å². The number of rotatable bonds is 3. The first-order valence-electron chi connectivity index (χ1n) is 7.71. The van der Waals surface area contributed by atoms with Crippen molar-refractivity contribution in [1.82, 2.24) is 15.3 Å². The number of aromatic nitrogens is 2. The number of thiophene rings is 1. The number of nitrogens with one attached hydrogen (secondary N) is 1. The van der Waals surface area contributed by atoms with Crippen LogP contribution in [0.4, 0.5) is 11.8 Å². The molecule has 5 nitrogen and oxygen atoms in total. The quantitative estimate of drug-likeness (QED) is 0.716. The second-order valence-electron chi connectivity index (χ2n) is 6.00. The molecule has 3 heterocycles. The summed E-state index contributed by atoms with van der Waals surface area (Å²) in [5.74, 6) is 1.26. The van der Waals surface area contributed by atoms with Crippen LogP contribution in [0.15, 0.2) is 22.7 Å². The van der Waals surface area contributed by atoms with Crippen molar-refractivity contribution in [2.75, 3.05) is 30.8 Å². The summed E-state index contributed by atoms with van der Waals surface area (Å²) < 4.78 is 3.37. The Kier molecular flexibility index (Phi) is 3.87. The van der Waals surface area contributed by atoms with Crippen LogP contribution in [0, 0.1) is 0 Å². The van der Waals surface area contributed by atoms with Gasteiger partial charge in [0.2, 0.25) is 5.95 Å². The highest BCUT2D eigenvalue weighted by Gasteiger charge is 2.20. The Morgan fingerprint density at radius 3 is 3.09 bits per heavy atom. The van der Waals surface area contributed by atoms with Crippen molar-refractivity contribution in [2.45, 2.75) is 18.9 Å². The monoisotopic (exact) mass is 391 g/mol. The molecule has 1 aliphatic heterocycles. The van der Waals surface area contributed by atoms with Gasteiger partial charge in [-0.2, -0.15) is 4.98 Å². The van der Waals surface area contributed by atoms with Crippen LogP contribution < -0.4 is 16.0 Å². The molecular weight excluding hydrogens is 374 g/mol. The first-order chi connectivity index (χ1) is 11.1. The van der Waals surface area contributed by atoms with Crippen LogP contribution >= 0.6 is 27.3 Å². The van der Waals surface area contributed by atoms with Crippen molar-refractivity contribution in [3.05, 3.63) is 22.7 Å². The summed E-state index contributed by atoms with van der Waals surface area (Å²) in [6, 6.07) is 6.78. The van der Waals surface area contributed by atoms with Crippen LogP contribution in [-0.2, 0) is 0 Å². The van der Waals surface area contributed by atoms with Crippen LogP contribution in [0.2, 0.25) is 0 Å². The van der Waals surface area contributed by atoms with E-state index >= 15 is 0 Å². The molecule has 120 valence electrons. The molecule has 1 fully saturated rings. The number of likely N-dealkylation sites (N-methyl/N-ethyl adjacent to an activating group) is 1. The van der Waals surface area contributed by atoms with Crippen LogP contribution in [0.25, 0.3) is 20.3 Å². The zero-order valence-electron chi connectivity index (χ0n) is 12.8. The van der Waals surface area contributed by atoms with E-state index in [1.165, 1.54) is 17.5 Å². The van der Waals surface area contributed by atoms with Crippen molar-refractivity contribution < 1.29 is 0 Å². The molecule has 1 unspecified atom stereocenters.